The molecule has 0 saturated carbocycles. The summed E-state index contributed by atoms with van der Waals surface area (Å²) in [5.74, 6) is 0.111. The van der Waals surface area contributed by atoms with Gasteiger partial charge in [0.25, 0.3) is 0 Å². The molecule has 1 saturated heterocycles. The molecular formula is C10H20N2O3S. The zero-order chi connectivity index (χ0) is 12.3. The largest absolute Gasteiger partial charge is 0.359 e. The molecule has 1 aliphatic rings. The molecule has 0 bridgehead atoms. The van der Waals surface area contributed by atoms with E-state index in [0.717, 1.165) is 6.42 Å². The number of carbonyl (C=O) groups is 1. The lowest BCUT2D eigenvalue weighted by Crippen LogP contribution is -2.56. The van der Waals surface area contributed by atoms with E-state index in [-0.39, 0.29) is 23.5 Å². The molecule has 1 heterocycles. The maximum atomic E-state index is 11.8. The Morgan fingerprint density at radius 1 is 1.50 bits per heavy atom. The molecule has 1 amide bonds. The van der Waals surface area contributed by atoms with E-state index in [1.54, 1.807) is 7.05 Å². The highest BCUT2D eigenvalue weighted by Gasteiger charge is 2.39. The van der Waals surface area contributed by atoms with Crippen molar-refractivity contribution in [3.8, 4) is 0 Å². The molecule has 1 aliphatic heterocycles. The van der Waals surface area contributed by atoms with Crippen LogP contribution in [0.4, 0.5) is 0 Å². The summed E-state index contributed by atoms with van der Waals surface area (Å²) in [5, 5.41) is 2.53. The summed E-state index contributed by atoms with van der Waals surface area (Å²) in [6.07, 6.45) is 0.853. The van der Waals surface area contributed by atoms with Crippen molar-refractivity contribution in [1.29, 1.82) is 0 Å². The van der Waals surface area contributed by atoms with Crippen molar-refractivity contribution < 1.29 is 13.2 Å². The van der Waals surface area contributed by atoms with E-state index < -0.39 is 10.0 Å². The second kappa shape index (κ2) is 5.14. The van der Waals surface area contributed by atoms with Crippen LogP contribution in [0.1, 0.15) is 20.3 Å². The minimum atomic E-state index is -3.16. The van der Waals surface area contributed by atoms with Crippen molar-refractivity contribution in [1.82, 2.24) is 9.62 Å². The second-order valence-corrected chi connectivity index (χ2v) is 6.43. The highest BCUT2D eigenvalue weighted by Crippen LogP contribution is 2.21. The molecule has 1 atom stereocenters. The first-order valence-electron chi connectivity index (χ1n) is 5.60. The van der Waals surface area contributed by atoms with Crippen molar-refractivity contribution >= 4 is 15.9 Å². The topological polar surface area (TPSA) is 66.5 Å². The van der Waals surface area contributed by atoms with Crippen LogP contribution in [-0.2, 0) is 14.8 Å². The fraction of sp³-hybridized carbons (Fsp3) is 0.900. The quantitative estimate of drug-likeness (QED) is 0.747. The summed E-state index contributed by atoms with van der Waals surface area (Å²) in [4.78, 5) is 11.2. The highest BCUT2D eigenvalue weighted by atomic mass is 32.2. The number of hydrogen-bond donors (Lipinski definition) is 1. The third-order valence-electron chi connectivity index (χ3n) is 3.05. The number of carbonyl (C=O) groups excluding carboxylic acids is 1. The van der Waals surface area contributed by atoms with Gasteiger partial charge in [-0.15, -0.1) is 0 Å². The molecule has 94 valence electrons. The summed E-state index contributed by atoms with van der Waals surface area (Å²) in [6.45, 7) is 4.56. The van der Waals surface area contributed by atoms with Crippen molar-refractivity contribution in [3.05, 3.63) is 0 Å². The van der Waals surface area contributed by atoms with Gasteiger partial charge >= 0.3 is 0 Å². The normalized spacial score (nSPS) is 20.2. The standard InChI is InChI=1S/C10H20N2O3S/c1-4-8(2)7-16(14,15)12-5-9(6-12)10(13)11-3/h8-9H,4-7H2,1-3H3,(H,11,13)/t8-/m0/s1. The van der Waals surface area contributed by atoms with Crippen molar-refractivity contribution in [2.45, 2.75) is 20.3 Å². The minimum Gasteiger partial charge on any atom is -0.359 e. The fourth-order valence-corrected chi connectivity index (χ4v) is 3.60. The lowest BCUT2D eigenvalue weighted by molar-refractivity contribution is -0.127. The van der Waals surface area contributed by atoms with Gasteiger partial charge in [-0.1, -0.05) is 20.3 Å². The molecule has 16 heavy (non-hydrogen) atoms. The minimum absolute atomic E-state index is 0.0741. The molecule has 0 aromatic heterocycles. The second-order valence-electron chi connectivity index (χ2n) is 4.42. The highest BCUT2D eigenvalue weighted by molar-refractivity contribution is 7.89. The summed E-state index contributed by atoms with van der Waals surface area (Å²) >= 11 is 0. The maximum absolute atomic E-state index is 11.8. The Labute approximate surface area is 97.2 Å². The summed E-state index contributed by atoms with van der Waals surface area (Å²) in [7, 11) is -1.59. The third kappa shape index (κ3) is 2.95. The number of hydrogen-bond acceptors (Lipinski definition) is 3. The van der Waals surface area contributed by atoms with E-state index in [0.29, 0.717) is 13.1 Å². The lowest BCUT2D eigenvalue weighted by Gasteiger charge is -2.37. The van der Waals surface area contributed by atoms with Gasteiger partial charge in [-0.05, 0) is 5.92 Å². The lowest BCUT2D eigenvalue weighted by atomic mass is 10.0. The van der Waals surface area contributed by atoms with E-state index >= 15 is 0 Å². The Morgan fingerprint density at radius 3 is 2.50 bits per heavy atom. The Kier molecular flexibility index (Phi) is 4.32. The van der Waals surface area contributed by atoms with Crippen molar-refractivity contribution in [3.63, 3.8) is 0 Å². The number of rotatable bonds is 5. The van der Waals surface area contributed by atoms with Gasteiger partial charge in [-0.3, -0.25) is 4.79 Å². The summed E-state index contributed by atoms with van der Waals surface area (Å²) in [5.41, 5.74) is 0. The summed E-state index contributed by atoms with van der Waals surface area (Å²) < 4.78 is 25.1. The SMILES string of the molecule is CC[C@H](C)CS(=O)(=O)N1CC(C(=O)NC)C1. The van der Waals surface area contributed by atoms with Gasteiger partial charge in [-0.25, -0.2) is 12.7 Å². The summed E-state index contributed by atoms with van der Waals surface area (Å²) in [6, 6.07) is 0. The van der Waals surface area contributed by atoms with Crippen LogP contribution < -0.4 is 5.32 Å². The molecule has 0 radical (unpaired) electrons. The van der Waals surface area contributed by atoms with Gasteiger partial charge in [0.15, 0.2) is 0 Å². The third-order valence-corrected chi connectivity index (χ3v) is 5.13. The van der Waals surface area contributed by atoms with Crippen molar-refractivity contribution in [2.24, 2.45) is 11.8 Å². The molecule has 1 N–H and O–H groups in total. The van der Waals surface area contributed by atoms with E-state index in [1.165, 1.54) is 4.31 Å². The molecule has 0 unspecified atom stereocenters. The number of amides is 1. The van der Waals surface area contributed by atoms with Crippen LogP contribution in [-0.4, -0.2) is 44.5 Å². The first kappa shape index (κ1) is 13.4. The first-order chi connectivity index (χ1) is 7.40. The molecule has 0 spiro atoms. The Morgan fingerprint density at radius 2 is 2.06 bits per heavy atom. The van der Waals surface area contributed by atoms with Crippen LogP contribution in [0.25, 0.3) is 0 Å². The van der Waals surface area contributed by atoms with Crippen LogP contribution in [0.2, 0.25) is 0 Å². The van der Waals surface area contributed by atoms with Gasteiger partial charge in [-0.2, -0.15) is 0 Å². The van der Waals surface area contributed by atoms with Gasteiger partial charge in [0.1, 0.15) is 0 Å². The Hall–Kier alpha value is -0.620. The Balaban J connectivity index is 2.47. The predicted molar refractivity (Wildman–Crippen MR) is 62.4 cm³/mol. The monoisotopic (exact) mass is 248 g/mol. The number of nitrogens with zero attached hydrogens (tertiary/aromatic N) is 1. The molecular weight excluding hydrogens is 228 g/mol. The van der Waals surface area contributed by atoms with Crippen LogP contribution >= 0.6 is 0 Å². The van der Waals surface area contributed by atoms with E-state index in [2.05, 4.69) is 5.32 Å². The van der Waals surface area contributed by atoms with Crippen LogP contribution in [0.15, 0.2) is 0 Å². The first-order valence-corrected chi connectivity index (χ1v) is 7.21. The Bertz CT molecular complexity index is 347. The molecule has 5 nitrogen and oxygen atoms in total. The molecule has 0 aromatic rings. The molecule has 0 aliphatic carbocycles. The number of sulfonamides is 1. The van der Waals surface area contributed by atoms with Gasteiger partial charge in [0, 0.05) is 20.1 Å². The smallest absolute Gasteiger partial charge is 0.225 e. The predicted octanol–water partition coefficient (Wildman–Crippen LogP) is 0.0401. The maximum Gasteiger partial charge on any atom is 0.225 e. The van der Waals surface area contributed by atoms with Crippen LogP contribution in [0, 0.1) is 11.8 Å². The number of nitrogens with one attached hydrogen (secondary N) is 1. The van der Waals surface area contributed by atoms with E-state index in [1.807, 2.05) is 13.8 Å². The molecule has 0 aromatic carbocycles. The zero-order valence-electron chi connectivity index (χ0n) is 10.1. The molecule has 1 rings (SSSR count). The van der Waals surface area contributed by atoms with Crippen LogP contribution in [0.3, 0.4) is 0 Å². The average Bonchev–Trinajstić information content (AvgIpc) is 2.13. The average molecular weight is 248 g/mol. The van der Waals surface area contributed by atoms with Gasteiger partial charge < -0.3 is 5.32 Å². The van der Waals surface area contributed by atoms with Gasteiger partial charge in [0.05, 0.1) is 11.7 Å². The van der Waals surface area contributed by atoms with Crippen molar-refractivity contribution in [2.75, 3.05) is 25.9 Å². The fourth-order valence-electron chi connectivity index (χ4n) is 1.62. The zero-order valence-corrected chi connectivity index (χ0v) is 10.9. The van der Waals surface area contributed by atoms with Gasteiger partial charge in [0.2, 0.25) is 15.9 Å². The molecule has 1 fully saturated rings. The van der Waals surface area contributed by atoms with E-state index in [9.17, 15) is 13.2 Å². The van der Waals surface area contributed by atoms with Crippen LogP contribution in [0.5, 0.6) is 0 Å². The molecule has 6 heteroatoms. The van der Waals surface area contributed by atoms with E-state index in [4.69, 9.17) is 0 Å².